The third kappa shape index (κ3) is 2.61. The van der Waals surface area contributed by atoms with Gasteiger partial charge < -0.3 is 15.2 Å². The van der Waals surface area contributed by atoms with E-state index in [1.54, 1.807) is 0 Å². The zero-order valence-corrected chi connectivity index (χ0v) is 11.3. The second-order valence-corrected chi connectivity index (χ2v) is 5.59. The van der Waals surface area contributed by atoms with Crippen molar-refractivity contribution >= 4 is 5.95 Å². The molecule has 3 heterocycles. The first-order chi connectivity index (χ1) is 9.14. The molecule has 0 aromatic carbocycles. The maximum Gasteiger partial charge on any atom is 0.225 e. The number of nitrogens with zero attached hydrogens (tertiary/aromatic N) is 3. The van der Waals surface area contributed by atoms with Crippen LogP contribution in [0.25, 0.3) is 11.3 Å². The van der Waals surface area contributed by atoms with Crippen LogP contribution < -0.4 is 10.2 Å². The zero-order chi connectivity index (χ0) is 13.3. The molecule has 0 unspecified atom stereocenters. The first kappa shape index (κ1) is 12.2. The number of rotatable bonds is 2. The maximum absolute atomic E-state index is 4.49. The first-order valence-corrected chi connectivity index (χ1v) is 6.60. The summed E-state index contributed by atoms with van der Waals surface area (Å²) in [5.74, 6) is 0.810. The average Bonchev–Trinajstić information content (AvgIpc) is 2.92. The van der Waals surface area contributed by atoms with E-state index in [9.17, 15) is 0 Å². The fourth-order valence-electron chi connectivity index (χ4n) is 2.45. The van der Waals surface area contributed by atoms with Gasteiger partial charge in [0.15, 0.2) is 0 Å². The molecule has 3 rings (SSSR count). The summed E-state index contributed by atoms with van der Waals surface area (Å²) in [7, 11) is 0. The molecule has 0 aliphatic carbocycles. The van der Waals surface area contributed by atoms with Gasteiger partial charge in [-0.2, -0.15) is 0 Å². The SMILES string of the molecule is CC1(C)CN(c2ncc(-c3ccc[nH]3)cn2)CCN1. The summed E-state index contributed by atoms with van der Waals surface area (Å²) in [6.45, 7) is 7.24. The Morgan fingerprint density at radius 1 is 1.26 bits per heavy atom. The van der Waals surface area contributed by atoms with Gasteiger partial charge in [0.05, 0.1) is 0 Å². The minimum absolute atomic E-state index is 0.111. The van der Waals surface area contributed by atoms with Crippen molar-refractivity contribution in [3.63, 3.8) is 0 Å². The summed E-state index contributed by atoms with van der Waals surface area (Å²) in [5.41, 5.74) is 2.18. The molecule has 1 aliphatic heterocycles. The molecule has 2 N–H and O–H groups in total. The molecule has 0 bridgehead atoms. The molecule has 0 radical (unpaired) electrons. The Labute approximate surface area is 113 Å². The number of aromatic amines is 1. The van der Waals surface area contributed by atoms with Gasteiger partial charge in [0, 0.05) is 55.0 Å². The Hall–Kier alpha value is -1.88. The molecule has 1 aliphatic rings. The van der Waals surface area contributed by atoms with E-state index in [1.165, 1.54) is 0 Å². The third-order valence-electron chi connectivity index (χ3n) is 3.40. The molecule has 19 heavy (non-hydrogen) atoms. The van der Waals surface area contributed by atoms with Crippen LogP contribution in [0.4, 0.5) is 5.95 Å². The average molecular weight is 257 g/mol. The van der Waals surface area contributed by atoms with Crippen molar-refractivity contribution in [1.29, 1.82) is 0 Å². The molecular weight excluding hydrogens is 238 g/mol. The number of anilines is 1. The van der Waals surface area contributed by atoms with Gasteiger partial charge in [-0.25, -0.2) is 9.97 Å². The van der Waals surface area contributed by atoms with Crippen LogP contribution in [0.2, 0.25) is 0 Å². The lowest BCUT2D eigenvalue weighted by atomic mass is 10.0. The largest absolute Gasteiger partial charge is 0.361 e. The Bertz CT molecular complexity index is 529. The van der Waals surface area contributed by atoms with Gasteiger partial charge in [0.1, 0.15) is 0 Å². The number of piperazine rings is 1. The van der Waals surface area contributed by atoms with Crippen LogP contribution in [0.3, 0.4) is 0 Å². The molecular formula is C14H19N5. The monoisotopic (exact) mass is 257 g/mol. The highest BCUT2D eigenvalue weighted by Gasteiger charge is 2.26. The predicted octanol–water partition coefficient (Wildman–Crippen LogP) is 1.66. The fraction of sp³-hybridized carbons (Fsp3) is 0.429. The van der Waals surface area contributed by atoms with Crippen molar-refractivity contribution in [3.8, 4) is 11.3 Å². The topological polar surface area (TPSA) is 56.8 Å². The van der Waals surface area contributed by atoms with E-state index in [1.807, 2.05) is 30.7 Å². The molecule has 0 saturated carbocycles. The summed E-state index contributed by atoms with van der Waals surface area (Å²) in [4.78, 5) is 14.4. The Morgan fingerprint density at radius 3 is 2.68 bits per heavy atom. The van der Waals surface area contributed by atoms with E-state index >= 15 is 0 Å². The smallest absolute Gasteiger partial charge is 0.225 e. The Balaban J connectivity index is 1.79. The van der Waals surface area contributed by atoms with Crippen LogP contribution in [-0.2, 0) is 0 Å². The van der Waals surface area contributed by atoms with E-state index in [0.717, 1.165) is 36.8 Å². The maximum atomic E-state index is 4.49. The van der Waals surface area contributed by atoms with Gasteiger partial charge in [-0.3, -0.25) is 0 Å². The second kappa shape index (κ2) is 4.66. The summed E-state index contributed by atoms with van der Waals surface area (Å²) in [6, 6.07) is 3.99. The Morgan fingerprint density at radius 2 is 2.05 bits per heavy atom. The number of H-pyrrole nitrogens is 1. The molecule has 5 heteroatoms. The molecule has 1 fully saturated rings. The van der Waals surface area contributed by atoms with E-state index in [0.29, 0.717) is 0 Å². The summed E-state index contributed by atoms with van der Waals surface area (Å²) >= 11 is 0. The van der Waals surface area contributed by atoms with Gasteiger partial charge in [0.2, 0.25) is 5.95 Å². The molecule has 0 spiro atoms. The first-order valence-electron chi connectivity index (χ1n) is 6.60. The van der Waals surface area contributed by atoms with E-state index in [4.69, 9.17) is 0 Å². The van der Waals surface area contributed by atoms with Crippen LogP contribution in [0.5, 0.6) is 0 Å². The standard InChI is InChI=1S/C14H19N5/c1-14(2)10-19(7-6-18-14)13-16-8-11(9-17-13)12-4-3-5-15-12/h3-5,8-9,15,18H,6-7,10H2,1-2H3. The minimum atomic E-state index is 0.111. The van der Waals surface area contributed by atoms with Gasteiger partial charge >= 0.3 is 0 Å². The normalized spacial score (nSPS) is 18.5. The summed E-state index contributed by atoms with van der Waals surface area (Å²) < 4.78 is 0. The van der Waals surface area contributed by atoms with Crippen molar-refractivity contribution in [2.45, 2.75) is 19.4 Å². The quantitative estimate of drug-likeness (QED) is 0.859. The third-order valence-corrected chi connectivity index (χ3v) is 3.40. The number of hydrogen-bond donors (Lipinski definition) is 2. The molecule has 1 saturated heterocycles. The van der Waals surface area contributed by atoms with Crippen molar-refractivity contribution < 1.29 is 0 Å². The lowest BCUT2D eigenvalue weighted by molar-refractivity contribution is 0.350. The lowest BCUT2D eigenvalue weighted by Crippen LogP contribution is -2.57. The van der Waals surface area contributed by atoms with Crippen molar-refractivity contribution in [2.24, 2.45) is 0 Å². The molecule has 2 aromatic rings. The van der Waals surface area contributed by atoms with Crippen LogP contribution in [0.15, 0.2) is 30.7 Å². The number of hydrogen-bond acceptors (Lipinski definition) is 4. The van der Waals surface area contributed by atoms with Gasteiger partial charge in [-0.05, 0) is 26.0 Å². The predicted molar refractivity (Wildman–Crippen MR) is 76.1 cm³/mol. The Kier molecular flexibility index (Phi) is 2.98. The van der Waals surface area contributed by atoms with E-state index in [-0.39, 0.29) is 5.54 Å². The molecule has 100 valence electrons. The number of aromatic nitrogens is 3. The minimum Gasteiger partial charge on any atom is -0.361 e. The lowest BCUT2D eigenvalue weighted by Gasteiger charge is -2.39. The molecule has 0 atom stereocenters. The second-order valence-electron chi connectivity index (χ2n) is 5.59. The highest BCUT2D eigenvalue weighted by Crippen LogP contribution is 2.19. The van der Waals surface area contributed by atoms with Crippen molar-refractivity contribution in [1.82, 2.24) is 20.3 Å². The van der Waals surface area contributed by atoms with E-state index < -0.39 is 0 Å². The fourth-order valence-corrected chi connectivity index (χ4v) is 2.45. The van der Waals surface area contributed by atoms with Crippen LogP contribution in [-0.4, -0.2) is 40.1 Å². The van der Waals surface area contributed by atoms with Gasteiger partial charge in [0.25, 0.3) is 0 Å². The van der Waals surface area contributed by atoms with Crippen LogP contribution in [0.1, 0.15) is 13.8 Å². The van der Waals surface area contributed by atoms with Crippen LogP contribution in [0, 0.1) is 0 Å². The summed E-state index contributed by atoms with van der Waals surface area (Å²) in [6.07, 6.45) is 5.66. The summed E-state index contributed by atoms with van der Waals surface area (Å²) in [5, 5.41) is 3.49. The molecule has 0 amide bonds. The van der Waals surface area contributed by atoms with Crippen molar-refractivity contribution in [3.05, 3.63) is 30.7 Å². The van der Waals surface area contributed by atoms with Gasteiger partial charge in [-0.15, -0.1) is 0 Å². The highest BCUT2D eigenvalue weighted by atomic mass is 15.3. The molecule has 2 aromatic heterocycles. The van der Waals surface area contributed by atoms with Gasteiger partial charge in [-0.1, -0.05) is 0 Å². The van der Waals surface area contributed by atoms with Crippen molar-refractivity contribution in [2.75, 3.05) is 24.5 Å². The number of nitrogens with one attached hydrogen (secondary N) is 2. The molecule has 5 nitrogen and oxygen atoms in total. The highest BCUT2D eigenvalue weighted by molar-refractivity contribution is 5.57. The van der Waals surface area contributed by atoms with E-state index in [2.05, 4.69) is 39.0 Å². The van der Waals surface area contributed by atoms with Crippen LogP contribution >= 0.6 is 0 Å². The zero-order valence-electron chi connectivity index (χ0n) is 11.3.